The summed E-state index contributed by atoms with van der Waals surface area (Å²) in [4.78, 5) is 0. The van der Waals surface area contributed by atoms with Crippen molar-refractivity contribution in [1.29, 1.82) is 0 Å². The van der Waals surface area contributed by atoms with Gasteiger partial charge in [0.15, 0.2) is 0 Å². The highest BCUT2D eigenvalue weighted by molar-refractivity contribution is 5.32. The maximum atomic E-state index is 5.52. The third-order valence-corrected chi connectivity index (χ3v) is 4.07. The van der Waals surface area contributed by atoms with Gasteiger partial charge in [-0.3, -0.25) is 0 Å². The third kappa shape index (κ3) is 2.24. The molecule has 2 heteroatoms. The molecule has 1 unspecified atom stereocenters. The van der Waals surface area contributed by atoms with Crippen LogP contribution in [0.15, 0.2) is 24.3 Å². The Labute approximate surface area is 104 Å². The van der Waals surface area contributed by atoms with Crippen LogP contribution in [0, 0.1) is 12.8 Å². The molecule has 0 bridgehead atoms. The molecule has 1 atom stereocenters. The molecule has 1 aliphatic heterocycles. The first kappa shape index (κ1) is 12.6. The molecule has 0 amide bonds. The van der Waals surface area contributed by atoms with Crippen molar-refractivity contribution in [2.24, 2.45) is 5.92 Å². The lowest BCUT2D eigenvalue weighted by Gasteiger charge is -2.47. The lowest BCUT2D eigenvalue weighted by atomic mass is 9.67. The Balaban J connectivity index is 2.26. The van der Waals surface area contributed by atoms with Crippen LogP contribution in [-0.2, 0) is 10.2 Å². The fourth-order valence-corrected chi connectivity index (χ4v) is 2.82. The summed E-state index contributed by atoms with van der Waals surface area (Å²) in [5, 5.41) is 3.32. The maximum absolute atomic E-state index is 5.52. The predicted octanol–water partition coefficient (Wildman–Crippen LogP) is 2.51. The summed E-state index contributed by atoms with van der Waals surface area (Å²) >= 11 is 0. The Morgan fingerprint density at radius 2 is 1.94 bits per heavy atom. The first-order chi connectivity index (χ1) is 8.23. The van der Waals surface area contributed by atoms with E-state index >= 15 is 0 Å². The van der Waals surface area contributed by atoms with Gasteiger partial charge in [-0.25, -0.2) is 0 Å². The summed E-state index contributed by atoms with van der Waals surface area (Å²) < 4.78 is 5.52. The number of aryl methyl sites for hydroxylation is 1. The van der Waals surface area contributed by atoms with Gasteiger partial charge in [-0.2, -0.15) is 0 Å². The van der Waals surface area contributed by atoms with E-state index in [9.17, 15) is 0 Å². The van der Waals surface area contributed by atoms with Crippen molar-refractivity contribution in [3.8, 4) is 0 Å². The van der Waals surface area contributed by atoms with Crippen LogP contribution in [0.1, 0.15) is 24.5 Å². The molecule has 0 spiro atoms. The zero-order valence-electron chi connectivity index (χ0n) is 11.1. The number of ether oxygens (including phenoxy) is 1. The van der Waals surface area contributed by atoms with Gasteiger partial charge in [-0.15, -0.1) is 0 Å². The van der Waals surface area contributed by atoms with Crippen LogP contribution in [0.25, 0.3) is 0 Å². The van der Waals surface area contributed by atoms with Crippen molar-refractivity contribution in [2.75, 3.05) is 26.8 Å². The quantitative estimate of drug-likeness (QED) is 0.843. The summed E-state index contributed by atoms with van der Waals surface area (Å²) in [5.41, 5.74) is 3.01. The summed E-state index contributed by atoms with van der Waals surface area (Å²) in [7, 11) is 2.03. The van der Waals surface area contributed by atoms with E-state index in [0.717, 1.165) is 19.8 Å². The van der Waals surface area contributed by atoms with Crippen LogP contribution >= 0.6 is 0 Å². The summed E-state index contributed by atoms with van der Waals surface area (Å²) in [6.45, 7) is 7.22. The molecule has 2 rings (SSSR count). The standard InChI is InChI=1S/C15H23NO/c1-4-13(9-16-3)15(10-17-11-15)14-7-5-12(2)6-8-14/h5-8,13,16H,4,9-11H2,1-3H3. The number of rotatable bonds is 5. The highest BCUT2D eigenvalue weighted by Crippen LogP contribution is 2.40. The summed E-state index contributed by atoms with van der Waals surface area (Å²) in [6, 6.07) is 8.97. The first-order valence-electron chi connectivity index (χ1n) is 6.52. The van der Waals surface area contributed by atoms with E-state index in [1.54, 1.807) is 0 Å². The van der Waals surface area contributed by atoms with Crippen molar-refractivity contribution < 1.29 is 4.74 Å². The number of hydrogen-bond acceptors (Lipinski definition) is 2. The number of nitrogens with one attached hydrogen (secondary N) is 1. The molecular formula is C15H23NO. The van der Waals surface area contributed by atoms with Crippen LogP contribution in [0.2, 0.25) is 0 Å². The van der Waals surface area contributed by atoms with Gasteiger partial charge in [0.25, 0.3) is 0 Å². The highest BCUT2D eigenvalue weighted by atomic mass is 16.5. The molecule has 17 heavy (non-hydrogen) atoms. The summed E-state index contributed by atoms with van der Waals surface area (Å²) in [5.74, 6) is 0.656. The molecule has 0 aliphatic carbocycles. The molecule has 1 saturated heterocycles. The van der Waals surface area contributed by atoms with Gasteiger partial charge in [0.2, 0.25) is 0 Å². The predicted molar refractivity (Wildman–Crippen MR) is 71.4 cm³/mol. The fourth-order valence-electron chi connectivity index (χ4n) is 2.82. The summed E-state index contributed by atoms with van der Waals surface area (Å²) in [6.07, 6.45) is 1.19. The van der Waals surface area contributed by atoms with Gasteiger partial charge in [0, 0.05) is 5.41 Å². The average Bonchev–Trinajstić information content (AvgIpc) is 2.29. The van der Waals surface area contributed by atoms with Crippen molar-refractivity contribution in [1.82, 2.24) is 5.32 Å². The molecule has 0 radical (unpaired) electrons. The van der Waals surface area contributed by atoms with E-state index in [0.29, 0.717) is 5.92 Å². The smallest absolute Gasteiger partial charge is 0.0588 e. The second-order valence-corrected chi connectivity index (χ2v) is 5.18. The Morgan fingerprint density at radius 3 is 2.35 bits per heavy atom. The van der Waals surface area contributed by atoms with E-state index in [2.05, 4.69) is 43.4 Å². The van der Waals surface area contributed by atoms with Gasteiger partial charge < -0.3 is 10.1 Å². The second-order valence-electron chi connectivity index (χ2n) is 5.18. The van der Waals surface area contributed by atoms with Crippen LogP contribution in [0.3, 0.4) is 0 Å². The van der Waals surface area contributed by atoms with Gasteiger partial charge in [0.05, 0.1) is 13.2 Å². The Bertz CT molecular complexity index is 354. The molecule has 1 aliphatic rings. The van der Waals surface area contributed by atoms with E-state index in [1.165, 1.54) is 17.5 Å². The Kier molecular flexibility index (Phi) is 3.85. The van der Waals surface area contributed by atoms with E-state index in [4.69, 9.17) is 4.74 Å². The lowest BCUT2D eigenvalue weighted by molar-refractivity contribution is -0.0909. The molecule has 94 valence electrons. The Hall–Kier alpha value is -0.860. The molecule has 0 aromatic heterocycles. The molecule has 1 N–H and O–H groups in total. The first-order valence-corrected chi connectivity index (χ1v) is 6.52. The van der Waals surface area contributed by atoms with E-state index in [1.807, 2.05) is 7.05 Å². The third-order valence-electron chi connectivity index (χ3n) is 4.07. The fraction of sp³-hybridized carbons (Fsp3) is 0.600. The van der Waals surface area contributed by atoms with Crippen LogP contribution in [-0.4, -0.2) is 26.8 Å². The van der Waals surface area contributed by atoms with Crippen molar-refractivity contribution in [2.45, 2.75) is 25.7 Å². The molecule has 1 aromatic rings. The second kappa shape index (κ2) is 5.19. The number of benzene rings is 1. The monoisotopic (exact) mass is 233 g/mol. The maximum Gasteiger partial charge on any atom is 0.0588 e. The molecule has 2 nitrogen and oxygen atoms in total. The minimum Gasteiger partial charge on any atom is -0.379 e. The van der Waals surface area contributed by atoms with Gasteiger partial charge >= 0.3 is 0 Å². The SMILES string of the molecule is CCC(CNC)C1(c2ccc(C)cc2)COC1. The van der Waals surface area contributed by atoms with Crippen molar-refractivity contribution in [3.63, 3.8) is 0 Å². The average molecular weight is 233 g/mol. The van der Waals surface area contributed by atoms with Gasteiger partial charge in [-0.05, 0) is 32.0 Å². The zero-order valence-corrected chi connectivity index (χ0v) is 11.1. The van der Waals surface area contributed by atoms with Crippen LogP contribution in [0.5, 0.6) is 0 Å². The molecule has 1 heterocycles. The Morgan fingerprint density at radius 1 is 1.29 bits per heavy atom. The van der Waals surface area contributed by atoms with Crippen molar-refractivity contribution >= 4 is 0 Å². The topological polar surface area (TPSA) is 21.3 Å². The molecular weight excluding hydrogens is 210 g/mol. The molecule has 1 fully saturated rings. The lowest BCUT2D eigenvalue weighted by Crippen LogP contribution is -2.54. The number of hydrogen-bond donors (Lipinski definition) is 1. The van der Waals surface area contributed by atoms with Crippen LogP contribution in [0.4, 0.5) is 0 Å². The molecule has 1 aromatic carbocycles. The normalized spacial score (nSPS) is 19.7. The van der Waals surface area contributed by atoms with Gasteiger partial charge in [-0.1, -0.05) is 43.2 Å². The minimum absolute atomic E-state index is 0.242. The van der Waals surface area contributed by atoms with Gasteiger partial charge in [0.1, 0.15) is 0 Å². The van der Waals surface area contributed by atoms with E-state index < -0.39 is 0 Å². The van der Waals surface area contributed by atoms with Crippen LogP contribution < -0.4 is 5.32 Å². The zero-order chi connectivity index (χ0) is 12.3. The minimum atomic E-state index is 0.242. The largest absolute Gasteiger partial charge is 0.379 e. The van der Waals surface area contributed by atoms with Crippen molar-refractivity contribution in [3.05, 3.63) is 35.4 Å². The molecule has 0 saturated carbocycles. The van der Waals surface area contributed by atoms with E-state index in [-0.39, 0.29) is 5.41 Å². The highest BCUT2D eigenvalue weighted by Gasteiger charge is 2.45.